The van der Waals surface area contributed by atoms with Gasteiger partial charge in [-0.05, 0) is 27.3 Å². The Balaban J connectivity index is 3.37. The monoisotopic (exact) mass is 179 g/mol. The Morgan fingerprint density at radius 2 is 2.00 bits per heavy atom. The molecule has 0 unspecified atom stereocenters. The molecule has 0 aliphatic heterocycles. The first-order valence-electron chi connectivity index (χ1n) is 2.87. The molecule has 0 aromatic carbocycles. The second-order valence-electron chi connectivity index (χ2n) is 2.57. The van der Waals surface area contributed by atoms with Crippen LogP contribution in [0.4, 0.5) is 0 Å². The highest BCUT2D eigenvalue weighted by Gasteiger charge is 2.11. The standard InChI is InChI=1S/C6H14BrN/c1-6(2,8-3)4-5-7/h8H,4-5H2,1-3H3. The predicted molar refractivity (Wildman–Crippen MR) is 41.5 cm³/mol. The number of halogens is 1. The lowest BCUT2D eigenvalue weighted by atomic mass is 10.0. The van der Waals surface area contributed by atoms with E-state index in [4.69, 9.17) is 0 Å². The highest BCUT2D eigenvalue weighted by molar-refractivity contribution is 9.09. The summed E-state index contributed by atoms with van der Waals surface area (Å²) >= 11 is 3.39. The summed E-state index contributed by atoms with van der Waals surface area (Å²) in [5, 5.41) is 4.28. The Morgan fingerprint density at radius 3 is 2.12 bits per heavy atom. The summed E-state index contributed by atoms with van der Waals surface area (Å²) in [6, 6.07) is 0. The van der Waals surface area contributed by atoms with Gasteiger partial charge in [0.1, 0.15) is 0 Å². The molecule has 0 spiro atoms. The fourth-order valence-electron chi connectivity index (χ4n) is 0.361. The van der Waals surface area contributed by atoms with E-state index >= 15 is 0 Å². The van der Waals surface area contributed by atoms with E-state index in [2.05, 4.69) is 35.1 Å². The normalized spacial score (nSPS) is 12.0. The minimum absolute atomic E-state index is 0.295. The topological polar surface area (TPSA) is 12.0 Å². The maximum Gasteiger partial charge on any atom is 0.0130 e. The molecule has 0 aromatic heterocycles. The van der Waals surface area contributed by atoms with Crippen LogP contribution in [0.2, 0.25) is 0 Å². The van der Waals surface area contributed by atoms with Gasteiger partial charge in [-0.2, -0.15) is 0 Å². The summed E-state index contributed by atoms with van der Waals surface area (Å²) in [5.74, 6) is 0. The van der Waals surface area contributed by atoms with E-state index in [0.717, 1.165) is 5.33 Å². The Kier molecular flexibility index (Phi) is 3.65. The van der Waals surface area contributed by atoms with Gasteiger partial charge in [0, 0.05) is 10.9 Å². The van der Waals surface area contributed by atoms with Crippen LogP contribution in [0.5, 0.6) is 0 Å². The van der Waals surface area contributed by atoms with Crippen molar-refractivity contribution < 1.29 is 0 Å². The summed E-state index contributed by atoms with van der Waals surface area (Å²) in [6.07, 6.45) is 1.17. The molecule has 0 fully saturated rings. The first kappa shape index (κ1) is 8.44. The van der Waals surface area contributed by atoms with Crippen LogP contribution in [-0.4, -0.2) is 17.9 Å². The molecular weight excluding hydrogens is 166 g/mol. The van der Waals surface area contributed by atoms with Gasteiger partial charge in [0.05, 0.1) is 0 Å². The Hall–Kier alpha value is 0.440. The largest absolute Gasteiger partial charge is 0.315 e. The average Bonchev–Trinajstić information content (AvgIpc) is 1.67. The zero-order chi connectivity index (χ0) is 6.62. The van der Waals surface area contributed by atoms with Gasteiger partial charge < -0.3 is 5.32 Å². The van der Waals surface area contributed by atoms with Crippen molar-refractivity contribution in [3.05, 3.63) is 0 Å². The molecular formula is C6H14BrN. The van der Waals surface area contributed by atoms with E-state index in [1.165, 1.54) is 6.42 Å². The van der Waals surface area contributed by atoms with Crippen LogP contribution in [0.15, 0.2) is 0 Å². The fraction of sp³-hybridized carbons (Fsp3) is 1.00. The Morgan fingerprint density at radius 1 is 1.50 bits per heavy atom. The smallest absolute Gasteiger partial charge is 0.0130 e. The van der Waals surface area contributed by atoms with Gasteiger partial charge in [-0.25, -0.2) is 0 Å². The van der Waals surface area contributed by atoms with E-state index < -0.39 is 0 Å². The van der Waals surface area contributed by atoms with Gasteiger partial charge in [-0.3, -0.25) is 0 Å². The van der Waals surface area contributed by atoms with Crippen molar-refractivity contribution in [2.45, 2.75) is 25.8 Å². The molecule has 0 saturated heterocycles. The fourth-order valence-corrected chi connectivity index (χ4v) is 1.35. The molecule has 0 aliphatic carbocycles. The zero-order valence-electron chi connectivity index (χ0n) is 5.79. The average molecular weight is 180 g/mol. The minimum atomic E-state index is 0.295. The first-order chi connectivity index (χ1) is 3.62. The summed E-state index contributed by atoms with van der Waals surface area (Å²) in [5.41, 5.74) is 0.295. The highest BCUT2D eigenvalue weighted by Crippen LogP contribution is 2.07. The molecule has 2 heteroatoms. The number of alkyl halides is 1. The molecule has 1 nitrogen and oxygen atoms in total. The van der Waals surface area contributed by atoms with E-state index in [1.807, 2.05) is 7.05 Å². The molecule has 0 rings (SSSR count). The van der Waals surface area contributed by atoms with Crippen molar-refractivity contribution >= 4 is 15.9 Å². The van der Waals surface area contributed by atoms with Crippen molar-refractivity contribution in [3.8, 4) is 0 Å². The van der Waals surface area contributed by atoms with Crippen molar-refractivity contribution in [3.63, 3.8) is 0 Å². The molecule has 8 heavy (non-hydrogen) atoms. The van der Waals surface area contributed by atoms with Gasteiger partial charge in [0.25, 0.3) is 0 Å². The number of rotatable bonds is 3. The van der Waals surface area contributed by atoms with Crippen LogP contribution in [0, 0.1) is 0 Å². The third kappa shape index (κ3) is 3.44. The van der Waals surface area contributed by atoms with Gasteiger partial charge in [0.2, 0.25) is 0 Å². The maximum atomic E-state index is 3.39. The van der Waals surface area contributed by atoms with Crippen LogP contribution < -0.4 is 5.32 Å². The first-order valence-corrected chi connectivity index (χ1v) is 3.99. The van der Waals surface area contributed by atoms with Crippen molar-refractivity contribution in [2.75, 3.05) is 12.4 Å². The zero-order valence-corrected chi connectivity index (χ0v) is 7.38. The van der Waals surface area contributed by atoms with E-state index in [9.17, 15) is 0 Å². The van der Waals surface area contributed by atoms with Gasteiger partial charge in [-0.15, -0.1) is 0 Å². The van der Waals surface area contributed by atoms with Crippen molar-refractivity contribution in [2.24, 2.45) is 0 Å². The van der Waals surface area contributed by atoms with Gasteiger partial charge in [0.15, 0.2) is 0 Å². The molecule has 0 amide bonds. The molecule has 0 heterocycles. The second kappa shape index (κ2) is 3.46. The summed E-state index contributed by atoms with van der Waals surface area (Å²) < 4.78 is 0. The van der Waals surface area contributed by atoms with E-state index in [-0.39, 0.29) is 0 Å². The summed E-state index contributed by atoms with van der Waals surface area (Å²) in [4.78, 5) is 0. The van der Waals surface area contributed by atoms with Crippen LogP contribution in [-0.2, 0) is 0 Å². The lowest BCUT2D eigenvalue weighted by Gasteiger charge is -2.22. The lowest BCUT2D eigenvalue weighted by molar-refractivity contribution is 0.415. The van der Waals surface area contributed by atoms with E-state index in [1.54, 1.807) is 0 Å². The molecule has 1 N–H and O–H groups in total. The van der Waals surface area contributed by atoms with E-state index in [0.29, 0.717) is 5.54 Å². The minimum Gasteiger partial charge on any atom is -0.315 e. The van der Waals surface area contributed by atoms with Crippen LogP contribution in [0.25, 0.3) is 0 Å². The highest BCUT2D eigenvalue weighted by atomic mass is 79.9. The molecule has 0 bridgehead atoms. The molecule has 50 valence electrons. The Labute approximate surface area is 60.0 Å². The molecule has 0 atom stereocenters. The van der Waals surface area contributed by atoms with Crippen LogP contribution >= 0.6 is 15.9 Å². The molecule has 0 radical (unpaired) electrons. The van der Waals surface area contributed by atoms with Gasteiger partial charge in [-0.1, -0.05) is 15.9 Å². The summed E-state index contributed by atoms with van der Waals surface area (Å²) in [6.45, 7) is 4.38. The molecule has 0 aromatic rings. The maximum absolute atomic E-state index is 3.39. The summed E-state index contributed by atoms with van der Waals surface area (Å²) in [7, 11) is 1.99. The molecule has 0 saturated carbocycles. The van der Waals surface area contributed by atoms with Crippen LogP contribution in [0.3, 0.4) is 0 Å². The third-order valence-electron chi connectivity index (χ3n) is 1.40. The molecule has 0 aliphatic rings. The SMILES string of the molecule is CNC(C)(C)CCBr. The van der Waals surface area contributed by atoms with Crippen LogP contribution in [0.1, 0.15) is 20.3 Å². The van der Waals surface area contributed by atoms with Crippen molar-refractivity contribution in [1.82, 2.24) is 5.32 Å². The lowest BCUT2D eigenvalue weighted by Crippen LogP contribution is -2.36. The number of nitrogens with one attached hydrogen (secondary N) is 1. The number of hydrogen-bond donors (Lipinski definition) is 1. The quantitative estimate of drug-likeness (QED) is 0.652. The second-order valence-corrected chi connectivity index (χ2v) is 3.37. The number of hydrogen-bond acceptors (Lipinski definition) is 1. The Bertz CT molecular complexity index is 61.5. The predicted octanol–water partition coefficient (Wildman–Crippen LogP) is 1.77. The van der Waals surface area contributed by atoms with Crippen molar-refractivity contribution in [1.29, 1.82) is 0 Å². The van der Waals surface area contributed by atoms with Gasteiger partial charge >= 0.3 is 0 Å². The third-order valence-corrected chi connectivity index (χ3v) is 1.79.